The first-order chi connectivity index (χ1) is 17.2. The number of anilines is 4. The Bertz CT molecular complexity index is 1400. The highest BCUT2D eigenvalue weighted by Gasteiger charge is 2.35. The summed E-state index contributed by atoms with van der Waals surface area (Å²) in [5.41, 5.74) is 14.3. The highest BCUT2D eigenvalue weighted by molar-refractivity contribution is 5.83. The van der Waals surface area contributed by atoms with Crippen molar-refractivity contribution < 1.29 is 0 Å². The molecule has 0 spiro atoms. The van der Waals surface area contributed by atoms with Crippen LogP contribution in [0.1, 0.15) is 35.7 Å². The Hall–Kier alpha value is -3.98. The molecule has 0 saturated carbocycles. The van der Waals surface area contributed by atoms with Gasteiger partial charge in [-0.25, -0.2) is 4.98 Å². The highest BCUT2D eigenvalue weighted by Crippen LogP contribution is 2.46. The predicted octanol–water partition coefficient (Wildman–Crippen LogP) is 3.39. The molecule has 35 heavy (non-hydrogen) atoms. The first-order valence-corrected chi connectivity index (χ1v) is 12.3. The van der Waals surface area contributed by atoms with Gasteiger partial charge < -0.3 is 21.3 Å². The zero-order chi connectivity index (χ0) is 23.4. The van der Waals surface area contributed by atoms with Gasteiger partial charge >= 0.3 is 0 Å². The van der Waals surface area contributed by atoms with E-state index < -0.39 is 0 Å². The van der Waals surface area contributed by atoms with Crippen molar-refractivity contribution >= 4 is 23.3 Å². The fourth-order valence-electron chi connectivity index (χ4n) is 5.57. The summed E-state index contributed by atoms with van der Waals surface area (Å²) in [6, 6.07) is 14.7. The fraction of sp³-hybridized carbons (Fsp3) is 0.308. The van der Waals surface area contributed by atoms with Gasteiger partial charge in [0.1, 0.15) is 0 Å². The summed E-state index contributed by atoms with van der Waals surface area (Å²) < 4.78 is 1.64. The van der Waals surface area contributed by atoms with Crippen LogP contribution in [0, 0.1) is 0 Å². The molecule has 1 saturated heterocycles. The minimum Gasteiger partial charge on any atom is -0.370 e. The van der Waals surface area contributed by atoms with Crippen LogP contribution < -0.4 is 21.3 Å². The van der Waals surface area contributed by atoms with Crippen LogP contribution in [0.4, 0.5) is 23.3 Å². The predicted molar refractivity (Wildman–Crippen MR) is 136 cm³/mol. The van der Waals surface area contributed by atoms with Crippen LogP contribution in [0.5, 0.6) is 0 Å². The molecule has 8 rings (SSSR count). The van der Waals surface area contributed by atoms with Crippen LogP contribution >= 0.6 is 0 Å². The maximum atomic E-state index is 6.35. The molecule has 0 radical (unpaired) electrons. The molecule has 1 fully saturated rings. The van der Waals surface area contributed by atoms with E-state index in [1.165, 1.54) is 22.4 Å². The van der Waals surface area contributed by atoms with Gasteiger partial charge in [-0.3, -0.25) is 4.98 Å². The van der Waals surface area contributed by atoms with E-state index in [1.54, 1.807) is 4.68 Å². The van der Waals surface area contributed by atoms with Gasteiger partial charge in [-0.05, 0) is 36.1 Å². The second-order valence-corrected chi connectivity index (χ2v) is 9.48. The Morgan fingerprint density at radius 2 is 1.91 bits per heavy atom. The van der Waals surface area contributed by atoms with Crippen molar-refractivity contribution in [1.82, 2.24) is 30.0 Å². The van der Waals surface area contributed by atoms with E-state index in [-0.39, 0.29) is 0 Å². The summed E-state index contributed by atoms with van der Waals surface area (Å²) in [6.07, 6.45) is 5.05. The van der Waals surface area contributed by atoms with Crippen molar-refractivity contribution in [3.05, 3.63) is 65.6 Å². The molecule has 0 amide bonds. The molecule has 4 aromatic rings. The number of aromatic nitrogens is 5. The Labute approximate surface area is 203 Å². The van der Waals surface area contributed by atoms with Gasteiger partial charge in [0.2, 0.25) is 11.9 Å². The van der Waals surface area contributed by atoms with E-state index in [9.17, 15) is 0 Å². The van der Waals surface area contributed by atoms with Crippen molar-refractivity contribution in [2.75, 3.05) is 35.6 Å². The van der Waals surface area contributed by atoms with Crippen LogP contribution in [0.25, 0.3) is 16.9 Å². The van der Waals surface area contributed by atoms with Crippen LogP contribution in [-0.2, 0) is 13.0 Å². The monoisotopic (exact) mass is 465 g/mol. The van der Waals surface area contributed by atoms with Crippen LogP contribution in [0.2, 0.25) is 0 Å². The lowest BCUT2D eigenvalue weighted by Gasteiger charge is -2.42. The van der Waals surface area contributed by atoms with Gasteiger partial charge in [0.05, 0.1) is 23.3 Å². The van der Waals surface area contributed by atoms with E-state index in [0.29, 0.717) is 23.6 Å². The quantitative estimate of drug-likeness (QED) is 0.421. The molecule has 9 heteroatoms. The highest BCUT2D eigenvalue weighted by atomic mass is 15.4. The van der Waals surface area contributed by atoms with Crippen molar-refractivity contribution in [3.8, 4) is 16.9 Å². The van der Waals surface area contributed by atoms with E-state index >= 15 is 0 Å². The maximum absolute atomic E-state index is 6.35. The molecule has 3 aromatic heterocycles. The number of hydrogen-bond acceptors (Lipinski definition) is 8. The minimum absolute atomic E-state index is 0.299. The summed E-state index contributed by atoms with van der Waals surface area (Å²) >= 11 is 0. The second-order valence-electron chi connectivity index (χ2n) is 9.48. The van der Waals surface area contributed by atoms with Gasteiger partial charge in [-0.15, -0.1) is 5.10 Å². The third kappa shape index (κ3) is 3.50. The number of piperidine rings is 1. The van der Waals surface area contributed by atoms with Crippen molar-refractivity contribution in [2.24, 2.45) is 0 Å². The van der Waals surface area contributed by atoms with Crippen molar-refractivity contribution in [2.45, 2.75) is 31.7 Å². The topological polar surface area (TPSA) is 110 Å². The number of nitrogens with one attached hydrogen (secondary N) is 2. The van der Waals surface area contributed by atoms with E-state index in [2.05, 4.69) is 67.0 Å². The Kier molecular flexibility index (Phi) is 4.70. The first kappa shape index (κ1) is 20.4. The lowest BCUT2D eigenvalue weighted by Crippen LogP contribution is -2.40. The molecule has 176 valence electrons. The molecule has 4 N–H and O–H groups in total. The lowest BCUT2D eigenvalue weighted by molar-refractivity contribution is 0.463. The van der Waals surface area contributed by atoms with Crippen molar-refractivity contribution in [3.63, 3.8) is 0 Å². The zero-order valence-electron chi connectivity index (χ0n) is 19.4. The summed E-state index contributed by atoms with van der Waals surface area (Å²) in [5, 5.41) is 11.3. The molecular weight excluding hydrogens is 438 g/mol. The summed E-state index contributed by atoms with van der Waals surface area (Å²) in [4.78, 5) is 16.6. The number of nitrogen functional groups attached to an aromatic ring is 1. The first-order valence-electron chi connectivity index (χ1n) is 12.3. The normalized spacial score (nSPS) is 16.7. The third-order valence-electron chi connectivity index (χ3n) is 7.31. The molecule has 0 atom stereocenters. The zero-order valence-corrected chi connectivity index (χ0v) is 19.4. The number of nitrogens with two attached hydrogens (primary N) is 1. The molecule has 4 aliphatic heterocycles. The summed E-state index contributed by atoms with van der Waals surface area (Å²) in [7, 11) is 0. The summed E-state index contributed by atoms with van der Waals surface area (Å²) in [5.74, 6) is 1.89. The average molecular weight is 466 g/mol. The molecule has 1 aromatic carbocycles. The Balaban J connectivity index is 1.28. The number of fused-ring (bicyclic) bond motifs is 3. The second kappa shape index (κ2) is 8.06. The van der Waals surface area contributed by atoms with E-state index in [4.69, 9.17) is 10.7 Å². The largest absolute Gasteiger partial charge is 0.370 e. The molecule has 0 aliphatic carbocycles. The van der Waals surface area contributed by atoms with Gasteiger partial charge in [-0.1, -0.05) is 30.3 Å². The van der Waals surface area contributed by atoms with Gasteiger partial charge in [0, 0.05) is 49.8 Å². The fourth-order valence-corrected chi connectivity index (χ4v) is 5.57. The molecule has 0 unspecified atom stereocenters. The minimum atomic E-state index is 0.299. The van der Waals surface area contributed by atoms with Crippen LogP contribution in [0.3, 0.4) is 0 Å². The van der Waals surface area contributed by atoms with Gasteiger partial charge in [-0.2, -0.15) is 9.67 Å². The van der Waals surface area contributed by atoms with Crippen LogP contribution in [-0.4, -0.2) is 44.4 Å². The van der Waals surface area contributed by atoms with Gasteiger partial charge in [0.15, 0.2) is 5.82 Å². The summed E-state index contributed by atoms with van der Waals surface area (Å²) in [6.45, 7) is 3.96. The maximum Gasteiger partial charge on any atom is 0.248 e. The number of benzene rings is 1. The Morgan fingerprint density at radius 1 is 1.06 bits per heavy atom. The standard InChI is InChI=1S/C26H27N9/c27-25-32-26(30-19-12-18-14-28-9-6-21(18)29-15-19)33-35(25)22-13-20(16-4-2-1-3-5-16)24-23(31-22)17-7-10-34(24)11-8-17/h1-5,12-13,15,17,28H,6-11,14H2,(H3,27,30,32,33). The lowest BCUT2D eigenvalue weighted by atomic mass is 9.84. The molecule has 9 nitrogen and oxygen atoms in total. The molecule has 4 aliphatic rings. The number of pyridine rings is 2. The number of hydrogen-bond donors (Lipinski definition) is 3. The number of rotatable bonds is 4. The number of nitrogens with zero attached hydrogens (tertiary/aromatic N) is 6. The average Bonchev–Trinajstić information content (AvgIpc) is 3.29. The molecular formula is C26H27N9. The molecule has 7 heterocycles. The van der Waals surface area contributed by atoms with Crippen molar-refractivity contribution in [1.29, 1.82) is 0 Å². The van der Waals surface area contributed by atoms with E-state index in [0.717, 1.165) is 62.5 Å². The molecule has 2 bridgehead atoms. The van der Waals surface area contributed by atoms with Crippen LogP contribution in [0.15, 0.2) is 48.7 Å². The van der Waals surface area contributed by atoms with E-state index in [1.807, 2.05) is 12.3 Å². The Morgan fingerprint density at radius 3 is 2.77 bits per heavy atom. The smallest absolute Gasteiger partial charge is 0.248 e. The van der Waals surface area contributed by atoms with Gasteiger partial charge in [0.25, 0.3) is 0 Å². The third-order valence-corrected chi connectivity index (χ3v) is 7.31. The SMILES string of the molecule is Nc1nc(Nc2cnc3c(c2)CNCC3)nn1-c1cc(-c2ccccc2)c2c(n1)C1CCN2CC1.